The minimum absolute atomic E-state index is 0.577. The van der Waals surface area contributed by atoms with E-state index in [1.54, 1.807) is 13.3 Å². The lowest BCUT2D eigenvalue weighted by Gasteiger charge is -2.10. The third-order valence-electron chi connectivity index (χ3n) is 2.82. The molecule has 4 nitrogen and oxygen atoms in total. The molecule has 1 aliphatic heterocycles. The second kappa shape index (κ2) is 5.82. The van der Waals surface area contributed by atoms with E-state index in [0.29, 0.717) is 18.4 Å². The summed E-state index contributed by atoms with van der Waals surface area (Å²) in [7, 11) is 1.63. The topological polar surface area (TPSA) is 43.4 Å². The van der Waals surface area contributed by atoms with Crippen LogP contribution < -0.4 is 10.1 Å². The van der Waals surface area contributed by atoms with Crippen molar-refractivity contribution in [1.29, 1.82) is 0 Å². The van der Waals surface area contributed by atoms with Crippen molar-refractivity contribution in [2.45, 2.75) is 13.0 Å². The summed E-state index contributed by atoms with van der Waals surface area (Å²) in [6, 6.07) is 3.89. The van der Waals surface area contributed by atoms with Crippen LogP contribution in [0.2, 0.25) is 0 Å². The average Bonchev–Trinajstić information content (AvgIpc) is 2.83. The van der Waals surface area contributed by atoms with E-state index in [2.05, 4.69) is 10.3 Å². The number of nitrogens with one attached hydrogen (secondary N) is 1. The summed E-state index contributed by atoms with van der Waals surface area (Å²) >= 11 is 0. The number of nitrogens with zero attached hydrogens (tertiary/aromatic N) is 1. The van der Waals surface area contributed by atoms with Crippen molar-refractivity contribution in [2.75, 3.05) is 26.8 Å². The van der Waals surface area contributed by atoms with Gasteiger partial charge in [0.1, 0.15) is 0 Å². The molecule has 88 valence electrons. The van der Waals surface area contributed by atoms with E-state index < -0.39 is 0 Å². The average molecular weight is 222 g/mol. The van der Waals surface area contributed by atoms with Crippen LogP contribution in [-0.2, 0) is 11.3 Å². The first-order chi connectivity index (χ1) is 7.90. The molecule has 0 aromatic carbocycles. The van der Waals surface area contributed by atoms with Gasteiger partial charge in [-0.3, -0.25) is 0 Å². The molecule has 1 aliphatic rings. The number of aromatic nitrogens is 1. The van der Waals surface area contributed by atoms with Gasteiger partial charge >= 0.3 is 0 Å². The van der Waals surface area contributed by atoms with Crippen LogP contribution in [0.15, 0.2) is 18.3 Å². The zero-order valence-electron chi connectivity index (χ0n) is 9.61. The van der Waals surface area contributed by atoms with Crippen LogP contribution in [0.3, 0.4) is 0 Å². The Kier molecular flexibility index (Phi) is 4.13. The number of pyridine rings is 1. The maximum absolute atomic E-state index is 5.69. The van der Waals surface area contributed by atoms with Gasteiger partial charge in [-0.1, -0.05) is 0 Å². The van der Waals surface area contributed by atoms with Crippen LogP contribution >= 0.6 is 0 Å². The van der Waals surface area contributed by atoms with E-state index in [1.807, 2.05) is 12.1 Å². The molecule has 0 aliphatic carbocycles. The van der Waals surface area contributed by atoms with Gasteiger partial charge in [0, 0.05) is 18.3 Å². The number of ether oxygens (including phenoxy) is 2. The maximum Gasteiger partial charge on any atom is 0.218 e. The van der Waals surface area contributed by atoms with Gasteiger partial charge in [0.2, 0.25) is 5.88 Å². The lowest BCUT2D eigenvalue weighted by atomic mass is 10.1. The number of hydrogen-bond donors (Lipinski definition) is 1. The number of methoxy groups -OCH3 is 1. The van der Waals surface area contributed by atoms with Crippen molar-refractivity contribution in [2.24, 2.45) is 5.92 Å². The van der Waals surface area contributed by atoms with E-state index in [9.17, 15) is 0 Å². The Morgan fingerprint density at radius 1 is 1.56 bits per heavy atom. The Balaban J connectivity index is 1.79. The highest BCUT2D eigenvalue weighted by Crippen LogP contribution is 2.16. The molecular weight excluding hydrogens is 204 g/mol. The summed E-state index contributed by atoms with van der Waals surface area (Å²) in [5.41, 5.74) is 1.01. The van der Waals surface area contributed by atoms with Crippen molar-refractivity contribution in [3.05, 3.63) is 23.9 Å². The van der Waals surface area contributed by atoms with Gasteiger partial charge in [0.25, 0.3) is 0 Å². The minimum atomic E-state index is 0.577. The molecule has 1 aromatic heterocycles. The zero-order chi connectivity index (χ0) is 11.2. The lowest BCUT2D eigenvalue weighted by Crippen LogP contribution is -2.14. The summed E-state index contributed by atoms with van der Waals surface area (Å²) in [6.07, 6.45) is 2.94. The molecule has 1 aromatic rings. The van der Waals surface area contributed by atoms with Gasteiger partial charge in [-0.2, -0.15) is 0 Å². The van der Waals surface area contributed by atoms with Crippen molar-refractivity contribution in [3.8, 4) is 5.88 Å². The quantitative estimate of drug-likeness (QED) is 0.813. The Morgan fingerprint density at radius 2 is 2.50 bits per heavy atom. The predicted molar refractivity (Wildman–Crippen MR) is 61.4 cm³/mol. The summed E-state index contributed by atoms with van der Waals surface area (Å²) in [5, 5.41) is 3.33. The van der Waals surface area contributed by atoms with Crippen molar-refractivity contribution >= 4 is 0 Å². The highest BCUT2D eigenvalue weighted by atomic mass is 16.5. The third kappa shape index (κ3) is 2.93. The summed E-state index contributed by atoms with van der Waals surface area (Å²) < 4.78 is 10.9. The smallest absolute Gasteiger partial charge is 0.218 e. The fraction of sp³-hybridized carbons (Fsp3) is 0.583. The molecule has 1 saturated heterocycles. The SMILES string of the molecule is COc1ncccc1COCC1CCNC1. The van der Waals surface area contributed by atoms with E-state index in [1.165, 1.54) is 6.42 Å². The highest BCUT2D eigenvalue weighted by Gasteiger charge is 2.14. The van der Waals surface area contributed by atoms with E-state index in [-0.39, 0.29) is 0 Å². The predicted octanol–water partition coefficient (Wildman–Crippen LogP) is 1.22. The molecule has 2 heterocycles. The normalized spacial score (nSPS) is 19.9. The van der Waals surface area contributed by atoms with Gasteiger partial charge in [-0.25, -0.2) is 4.98 Å². The van der Waals surface area contributed by atoms with Gasteiger partial charge in [-0.15, -0.1) is 0 Å². The van der Waals surface area contributed by atoms with Gasteiger partial charge < -0.3 is 14.8 Å². The molecule has 1 unspecified atom stereocenters. The molecule has 0 saturated carbocycles. The molecule has 0 radical (unpaired) electrons. The van der Waals surface area contributed by atoms with Gasteiger partial charge in [-0.05, 0) is 31.0 Å². The molecule has 1 fully saturated rings. The standard InChI is InChI=1S/C12H18N2O2/c1-15-12-11(3-2-5-14-12)9-16-8-10-4-6-13-7-10/h2-3,5,10,13H,4,6-9H2,1H3. The monoisotopic (exact) mass is 222 g/mol. The molecule has 16 heavy (non-hydrogen) atoms. The fourth-order valence-electron chi connectivity index (χ4n) is 1.91. The van der Waals surface area contributed by atoms with E-state index in [0.717, 1.165) is 25.3 Å². The second-order valence-corrected chi connectivity index (χ2v) is 4.05. The van der Waals surface area contributed by atoms with Gasteiger partial charge in [0.05, 0.1) is 20.3 Å². The number of hydrogen-bond acceptors (Lipinski definition) is 4. The van der Waals surface area contributed by atoms with E-state index in [4.69, 9.17) is 9.47 Å². The van der Waals surface area contributed by atoms with Crippen molar-refractivity contribution in [3.63, 3.8) is 0 Å². The fourth-order valence-corrected chi connectivity index (χ4v) is 1.91. The molecule has 4 heteroatoms. The van der Waals surface area contributed by atoms with Crippen LogP contribution in [0, 0.1) is 5.92 Å². The Labute approximate surface area is 96.0 Å². The molecule has 1 atom stereocenters. The van der Waals surface area contributed by atoms with Crippen LogP contribution in [0.1, 0.15) is 12.0 Å². The summed E-state index contributed by atoms with van der Waals surface area (Å²) in [5.74, 6) is 1.31. The highest BCUT2D eigenvalue weighted by molar-refractivity contribution is 5.24. The third-order valence-corrected chi connectivity index (χ3v) is 2.82. The van der Waals surface area contributed by atoms with Crippen LogP contribution in [0.25, 0.3) is 0 Å². The zero-order valence-corrected chi connectivity index (χ0v) is 9.61. The second-order valence-electron chi connectivity index (χ2n) is 4.05. The van der Waals surface area contributed by atoms with Crippen LogP contribution in [0.5, 0.6) is 5.88 Å². The largest absolute Gasteiger partial charge is 0.481 e. The molecule has 2 rings (SSSR count). The first-order valence-electron chi connectivity index (χ1n) is 5.66. The molecule has 0 bridgehead atoms. The van der Waals surface area contributed by atoms with Crippen molar-refractivity contribution < 1.29 is 9.47 Å². The Morgan fingerprint density at radius 3 is 3.25 bits per heavy atom. The number of rotatable bonds is 5. The summed E-state index contributed by atoms with van der Waals surface area (Å²) in [6.45, 7) is 3.58. The molecule has 0 spiro atoms. The molecular formula is C12H18N2O2. The van der Waals surface area contributed by atoms with Gasteiger partial charge in [0.15, 0.2) is 0 Å². The lowest BCUT2D eigenvalue weighted by molar-refractivity contribution is 0.0906. The Hall–Kier alpha value is -1.13. The minimum Gasteiger partial charge on any atom is -0.481 e. The molecule has 1 N–H and O–H groups in total. The Bertz CT molecular complexity index is 325. The first-order valence-corrected chi connectivity index (χ1v) is 5.66. The summed E-state index contributed by atoms with van der Waals surface area (Å²) in [4.78, 5) is 4.13. The van der Waals surface area contributed by atoms with E-state index >= 15 is 0 Å². The molecule has 0 amide bonds. The van der Waals surface area contributed by atoms with Crippen LogP contribution in [-0.4, -0.2) is 31.8 Å². The van der Waals surface area contributed by atoms with Crippen molar-refractivity contribution in [1.82, 2.24) is 10.3 Å². The maximum atomic E-state index is 5.69. The first kappa shape index (κ1) is 11.4. The van der Waals surface area contributed by atoms with Crippen LogP contribution in [0.4, 0.5) is 0 Å².